The van der Waals surface area contributed by atoms with Crippen molar-refractivity contribution in [1.82, 2.24) is 9.80 Å². The average Bonchev–Trinajstić information content (AvgIpc) is 3.28. The molecule has 0 saturated carbocycles. The fourth-order valence-electron chi connectivity index (χ4n) is 3.55. The molecule has 3 aromatic rings. The van der Waals surface area contributed by atoms with Gasteiger partial charge in [-0.3, -0.25) is 14.5 Å². The molecule has 2 N–H and O–H groups in total. The third-order valence-electron chi connectivity index (χ3n) is 5.37. The molecule has 0 unspecified atom stereocenters. The van der Waals surface area contributed by atoms with E-state index in [4.69, 9.17) is 14.9 Å². The number of nitrogens with zero attached hydrogens (tertiary/aromatic N) is 2. The summed E-state index contributed by atoms with van der Waals surface area (Å²) in [7, 11) is 0. The number of hydrogen-bond donors (Lipinski definition) is 1. The van der Waals surface area contributed by atoms with Crippen LogP contribution in [0.2, 0.25) is 0 Å². The van der Waals surface area contributed by atoms with Gasteiger partial charge in [0, 0.05) is 42.8 Å². The average molecular weight is 498 g/mol. The fourth-order valence-corrected chi connectivity index (χ4v) is 3.82. The summed E-state index contributed by atoms with van der Waals surface area (Å²) in [5, 5.41) is 0. The van der Waals surface area contributed by atoms with Gasteiger partial charge in [0.05, 0.1) is 0 Å². The number of halogens is 1. The van der Waals surface area contributed by atoms with E-state index in [0.29, 0.717) is 30.2 Å². The van der Waals surface area contributed by atoms with Crippen LogP contribution in [0.25, 0.3) is 0 Å². The van der Waals surface area contributed by atoms with Gasteiger partial charge in [-0.2, -0.15) is 0 Å². The molecule has 4 rings (SSSR count). The van der Waals surface area contributed by atoms with E-state index in [1.807, 2.05) is 41.3 Å². The number of nitrogens with two attached hydrogens (primary N) is 1. The first kappa shape index (κ1) is 22.1. The van der Waals surface area contributed by atoms with E-state index in [9.17, 15) is 9.59 Å². The summed E-state index contributed by atoms with van der Waals surface area (Å²) in [6.45, 7) is 3.82. The SMILES string of the molecule is NC(=O)c1ccc(CN2CCN(C(=O)c3ccc(COc4ccc(Br)cc4)o3)CC2)cc1. The van der Waals surface area contributed by atoms with Crippen LogP contribution in [-0.2, 0) is 13.2 Å². The molecule has 8 heteroatoms. The first-order chi connectivity index (χ1) is 15.5. The van der Waals surface area contributed by atoms with Crippen molar-refractivity contribution in [3.8, 4) is 5.75 Å². The molecule has 2 aromatic carbocycles. The van der Waals surface area contributed by atoms with Gasteiger partial charge in [0.25, 0.3) is 5.91 Å². The molecular weight excluding hydrogens is 474 g/mol. The number of amides is 2. The maximum atomic E-state index is 12.8. The molecule has 166 valence electrons. The number of hydrogen-bond acceptors (Lipinski definition) is 5. The minimum atomic E-state index is -0.426. The number of carbonyl (C=O) groups excluding carboxylic acids is 2. The largest absolute Gasteiger partial charge is 0.486 e. The van der Waals surface area contributed by atoms with Crippen molar-refractivity contribution in [3.05, 3.63) is 87.8 Å². The lowest BCUT2D eigenvalue weighted by Crippen LogP contribution is -2.48. The fraction of sp³-hybridized carbons (Fsp3) is 0.250. The predicted octanol–water partition coefficient (Wildman–Crippen LogP) is 3.68. The molecule has 1 fully saturated rings. The van der Waals surface area contributed by atoms with Crippen LogP contribution in [0, 0.1) is 0 Å². The molecule has 0 atom stereocenters. The zero-order valence-electron chi connectivity index (χ0n) is 17.5. The van der Waals surface area contributed by atoms with Crippen molar-refractivity contribution < 1.29 is 18.7 Å². The maximum absolute atomic E-state index is 12.8. The molecule has 2 heterocycles. The zero-order chi connectivity index (χ0) is 22.5. The zero-order valence-corrected chi connectivity index (χ0v) is 19.1. The van der Waals surface area contributed by atoms with Gasteiger partial charge in [0.1, 0.15) is 18.1 Å². The van der Waals surface area contributed by atoms with Gasteiger partial charge < -0.3 is 19.8 Å². The number of piperazine rings is 1. The summed E-state index contributed by atoms with van der Waals surface area (Å²) in [5.74, 6) is 1.14. The highest BCUT2D eigenvalue weighted by atomic mass is 79.9. The van der Waals surface area contributed by atoms with E-state index < -0.39 is 5.91 Å². The van der Waals surface area contributed by atoms with Crippen LogP contribution in [0.5, 0.6) is 5.75 Å². The minimum Gasteiger partial charge on any atom is -0.486 e. The van der Waals surface area contributed by atoms with E-state index in [0.717, 1.165) is 35.4 Å². The quantitative estimate of drug-likeness (QED) is 0.537. The highest BCUT2D eigenvalue weighted by Crippen LogP contribution is 2.19. The summed E-state index contributed by atoms with van der Waals surface area (Å²) in [4.78, 5) is 28.1. The summed E-state index contributed by atoms with van der Waals surface area (Å²) >= 11 is 3.39. The normalized spacial score (nSPS) is 14.3. The molecular formula is C24H24BrN3O4. The number of furan rings is 1. The topological polar surface area (TPSA) is 89.0 Å². The van der Waals surface area contributed by atoms with Crippen molar-refractivity contribution in [3.63, 3.8) is 0 Å². The van der Waals surface area contributed by atoms with Crippen molar-refractivity contribution >= 4 is 27.7 Å². The second-order valence-corrected chi connectivity index (χ2v) is 8.55. The van der Waals surface area contributed by atoms with Crippen LogP contribution in [0.15, 0.2) is 69.6 Å². The van der Waals surface area contributed by atoms with Crippen LogP contribution in [0.4, 0.5) is 0 Å². The second kappa shape index (κ2) is 10.0. The van der Waals surface area contributed by atoms with Gasteiger partial charge in [-0.05, 0) is 54.1 Å². The second-order valence-electron chi connectivity index (χ2n) is 7.64. The molecule has 0 bridgehead atoms. The van der Waals surface area contributed by atoms with Crippen molar-refractivity contribution in [2.45, 2.75) is 13.2 Å². The molecule has 2 amide bonds. The number of rotatable bonds is 7. The van der Waals surface area contributed by atoms with E-state index in [1.54, 1.807) is 24.3 Å². The Morgan fingerprint density at radius 3 is 2.28 bits per heavy atom. The number of carbonyl (C=O) groups is 2. The van der Waals surface area contributed by atoms with E-state index in [2.05, 4.69) is 20.8 Å². The lowest BCUT2D eigenvalue weighted by molar-refractivity contribution is 0.0594. The lowest BCUT2D eigenvalue weighted by atomic mass is 10.1. The van der Waals surface area contributed by atoms with Crippen LogP contribution >= 0.6 is 15.9 Å². The Morgan fingerprint density at radius 1 is 0.938 bits per heavy atom. The van der Waals surface area contributed by atoms with Crippen LogP contribution < -0.4 is 10.5 Å². The van der Waals surface area contributed by atoms with Crippen LogP contribution in [-0.4, -0.2) is 47.8 Å². The van der Waals surface area contributed by atoms with Gasteiger partial charge in [-0.25, -0.2) is 0 Å². The number of primary amides is 1. The molecule has 1 saturated heterocycles. The van der Waals surface area contributed by atoms with Gasteiger partial charge in [-0.1, -0.05) is 28.1 Å². The Hall–Kier alpha value is -3.10. The van der Waals surface area contributed by atoms with E-state index in [-0.39, 0.29) is 12.5 Å². The van der Waals surface area contributed by atoms with Gasteiger partial charge in [0.2, 0.25) is 5.91 Å². The summed E-state index contributed by atoms with van der Waals surface area (Å²) in [6, 6.07) is 18.3. The predicted molar refractivity (Wildman–Crippen MR) is 123 cm³/mol. The molecule has 32 heavy (non-hydrogen) atoms. The molecule has 0 aliphatic carbocycles. The summed E-state index contributed by atoms with van der Waals surface area (Å²) in [6.07, 6.45) is 0. The highest BCUT2D eigenvalue weighted by molar-refractivity contribution is 9.10. The Morgan fingerprint density at radius 2 is 1.62 bits per heavy atom. The van der Waals surface area contributed by atoms with Crippen molar-refractivity contribution in [2.75, 3.05) is 26.2 Å². The molecule has 1 aliphatic rings. The third-order valence-corrected chi connectivity index (χ3v) is 5.90. The van der Waals surface area contributed by atoms with Crippen LogP contribution in [0.1, 0.15) is 32.2 Å². The standard InChI is InChI=1S/C24H24BrN3O4/c25-19-5-7-20(8-6-19)31-16-21-9-10-22(32-21)24(30)28-13-11-27(12-14-28)15-17-1-3-18(4-2-17)23(26)29/h1-10H,11-16H2,(H2,26,29). The van der Waals surface area contributed by atoms with Gasteiger partial charge in [0.15, 0.2) is 5.76 Å². The van der Waals surface area contributed by atoms with Gasteiger partial charge in [-0.15, -0.1) is 0 Å². The smallest absolute Gasteiger partial charge is 0.289 e. The number of ether oxygens (including phenoxy) is 1. The third kappa shape index (κ3) is 5.57. The van der Waals surface area contributed by atoms with Crippen molar-refractivity contribution in [1.29, 1.82) is 0 Å². The van der Waals surface area contributed by atoms with E-state index >= 15 is 0 Å². The molecule has 0 radical (unpaired) electrons. The van der Waals surface area contributed by atoms with E-state index in [1.165, 1.54) is 0 Å². The Balaban J connectivity index is 1.26. The lowest BCUT2D eigenvalue weighted by Gasteiger charge is -2.34. The Labute approximate surface area is 194 Å². The Bertz CT molecular complexity index is 1070. The molecule has 0 spiro atoms. The molecule has 1 aliphatic heterocycles. The summed E-state index contributed by atoms with van der Waals surface area (Å²) in [5.41, 5.74) is 6.90. The molecule has 7 nitrogen and oxygen atoms in total. The first-order valence-electron chi connectivity index (χ1n) is 10.4. The Kier molecular flexibility index (Phi) is 6.92. The van der Waals surface area contributed by atoms with Crippen molar-refractivity contribution in [2.24, 2.45) is 5.73 Å². The highest BCUT2D eigenvalue weighted by Gasteiger charge is 2.24. The first-order valence-corrected chi connectivity index (χ1v) is 11.1. The monoisotopic (exact) mass is 497 g/mol. The maximum Gasteiger partial charge on any atom is 0.289 e. The summed E-state index contributed by atoms with van der Waals surface area (Å²) < 4.78 is 12.4. The molecule has 1 aromatic heterocycles. The minimum absolute atomic E-state index is 0.106. The number of benzene rings is 2. The van der Waals surface area contributed by atoms with Gasteiger partial charge >= 0.3 is 0 Å². The van der Waals surface area contributed by atoms with Crippen LogP contribution in [0.3, 0.4) is 0 Å².